The Morgan fingerprint density at radius 3 is 2.71 bits per heavy atom. The summed E-state index contributed by atoms with van der Waals surface area (Å²) in [5, 5.41) is 6.67. The third-order valence-electron chi connectivity index (χ3n) is 2.16. The summed E-state index contributed by atoms with van der Waals surface area (Å²) in [6, 6.07) is 4.68. The second kappa shape index (κ2) is 3.58. The molecule has 0 aliphatic rings. The van der Waals surface area contributed by atoms with Crippen molar-refractivity contribution >= 4 is 11.3 Å². The molecule has 2 aromatic heterocycles. The predicted octanol–water partition coefficient (Wildman–Crippen LogP) is 3.50. The highest BCUT2D eigenvalue weighted by atomic mass is 32.1. The Bertz CT molecular complexity index is 426. The van der Waals surface area contributed by atoms with Crippen molar-refractivity contribution in [2.75, 3.05) is 0 Å². The monoisotopic (exact) mass is 206 g/mol. The van der Waals surface area contributed by atoms with Crippen LogP contribution in [-0.2, 0) is 0 Å². The van der Waals surface area contributed by atoms with Crippen LogP contribution in [0.15, 0.2) is 23.7 Å². The summed E-state index contributed by atoms with van der Waals surface area (Å²) in [6.45, 7) is 6.39. The second-order valence-electron chi connectivity index (χ2n) is 3.72. The molecule has 0 saturated carbocycles. The minimum Gasteiger partial charge on any atom is -0.270 e. The first-order valence-electron chi connectivity index (χ1n) is 4.77. The van der Waals surface area contributed by atoms with Crippen LogP contribution in [-0.4, -0.2) is 9.78 Å². The van der Waals surface area contributed by atoms with E-state index >= 15 is 0 Å². The third kappa shape index (κ3) is 1.73. The molecule has 0 spiro atoms. The standard InChI is InChI=1S/C11H14N2S/c1-8(2)13-5-4-11(12-13)10-6-9(3)14-7-10/h4-8H,1-3H3. The maximum atomic E-state index is 4.52. The van der Waals surface area contributed by atoms with E-state index in [-0.39, 0.29) is 0 Å². The first-order valence-corrected chi connectivity index (χ1v) is 5.65. The molecule has 0 aliphatic carbocycles. The summed E-state index contributed by atoms with van der Waals surface area (Å²) in [4.78, 5) is 1.33. The van der Waals surface area contributed by atoms with Gasteiger partial charge < -0.3 is 0 Å². The molecule has 0 aromatic carbocycles. The minimum absolute atomic E-state index is 0.434. The topological polar surface area (TPSA) is 17.8 Å². The first kappa shape index (κ1) is 9.46. The van der Waals surface area contributed by atoms with Crippen LogP contribution in [0.25, 0.3) is 11.3 Å². The lowest BCUT2D eigenvalue weighted by atomic mass is 10.2. The zero-order valence-electron chi connectivity index (χ0n) is 8.69. The van der Waals surface area contributed by atoms with Crippen LogP contribution >= 0.6 is 11.3 Å². The molecule has 2 rings (SSSR count). The van der Waals surface area contributed by atoms with Crippen LogP contribution in [0.1, 0.15) is 24.8 Å². The van der Waals surface area contributed by atoms with Gasteiger partial charge in [0.05, 0.1) is 5.69 Å². The highest BCUT2D eigenvalue weighted by Gasteiger charge is 2.05. The van der Waals surface area contributed by atoms with Gasteiger partial charge in [-0.05, 0) is 32.9 Å². The summed E-state index contributed by atoms with van der Waals surface area (Å²) < 4.78 is 1.99. The van der Waals surface area contributed by atoms with Gasteiger partial charge >= 0.3 is 0 Å². The lowest BCUT2D eigenvalue weighted by Gasteiger charge is -2.03. The maximum Gasteiger partial charge on any atom is 0.0931 e. The SMILES string of the molecule is Cc1cc(-c2ccn(C(C)C)n2)cs1. The zero-order valence-corrected chi connectivity index (χ0v) is 9.51. The molecule has 74 valence electrons. The normalized spacial score (nSPS) is 11.1. The Labute approximate surface area is 88.2 Å². The van der Waals surface area contributed by atoms with E-state index < -0.39 is 0 Å². The van der Waals surface area contributed by atoms with Crippen molar-refractivity contribution in [1.29, 1.82) is 0 Å². The van der Waals surface area contributed by atoms with Crippen molar-refractivity contribution in [3.8, 4) is 11.3 Å². The smallest absolute Gasteiger partial charge is 0.0931 e. The number of aromatic nitrogens is 2. The molecule has 2 aromatic rings. The quantitative estimate of drug-likeness (QED) is 0.735. The molecule has 14 heavy (non-hydrogen) atoms. The number of rotatable bonds is 2. The Morgan fingerprint density at radius 1 is 1.43 bits per heavy atom. The van der Waals surface area contributed by atoms with E-state index in [1.807, 2.05) is 10.9 Å². The fraction of sp³-hybridized carbons (Fsp3) is 0.364. The molecule has 0 fully saturated rings. The largest absolute Gasteiger partial charge is 0.270 e. The highest BCUT2D eigenvalue weighted by Crippen LogP contribution is 2.23. The summed E-state index contributed by atoms with van der Waals surface area (Å²) in [5.74, 6) is 0. The molecule has 0 saturated heterocycles. The molecule has 2 heterocycles. The van der Waals surface area contributed by atoms with Crippen molar-refractivity contribution in [3.63, 3.8) is 0 Å². The zero-order chi connectivity index (χ0) is 10.1. The first-order chi connectivity index (χ1) is 6.66. The molecule has 0 amide bonds. The van der Waals surface area contributed by atoms with Crippen LogP contribution < -0.4 is 0 Å². The van der Waals surface area contributed by atoms with Crippen molar-refractivity contribution in [1.82, 2.24) is 9.78 Å². The van der Waals surface area contributed by atoms with Crippen molar-refractivity contribution in [2.45, 2.75) is 26.8 Å². The number of nitrogens with zero attached hydrogens (tertiary/aromatic N) is 2. The van der Waals surface area contributed by atoms with E-state index in [9.17, 15) is 0 Å². The van der Waals surface area contributed by atoms with Crippen LogP contribution in [0.3, 0.4) is 0 Å². The van der Waals surface area contributed by atoms with Crippen LogP contribution in [0.4, 0.5) is 0 Å². The van der Waals surface area contributed by atoms with Gasteiger partial charge in [0.15, 0.2) is 0 Å². The molecular weight excluding hydrogens is 192 g/mol. The van der Waals surface area contributed by atoms with Gasteiger partial charge in [-0.3, -0.25) is 4.68 Å². The van der Waals surface area contributed by atoms with Gasteiger partial charge in [-0.2, -0.15) is 5.10 Å². The average Bonchev–Trinajstić information content (AvgIpc) is 2.70. The summed E-state index contributed by atoms with van der Waals surface area (Å²) in [6.07, 6.45) is 2.03. The Morgan fingerprint density at radius 2 is 2.21 bits per heavy atom. The van der Waals surface area contributed by atoms with Gasteiger partial charge in [0.1, 0.15) is 0 Å². The number of hydrogen-bond acceptors (Lipinski definition) is 2. The van der Waals surface area contributed by atoms with Crippen molar-refractivity contribution in [2.24, 2.45) is 0 Å². The van der Waals surface area contributed by atoms with Crippen LogP contribution in [0.2, 0.25) is 0 Å². The maximum absolute atomic E-state index is 4.52. The molecule has 0 atom stereocenters. The predicted molar refractivity (Wildman–Crippen MR) is 60.7 cm³/mol. The van der Waals surface area contributed by atoms with Gasteiger partial charge in [-0.25, -0.2) is 0 Å². The molecule has 3 heteroatoms. The van der Waals surface area contributed by atoms with Gasteiger partial charge in [0.2, 0.25) is 0 Å². The Kier molecular flexibility index (Phi) is 2.42. The molecular formula is C11H14N2S. The fourth-order valence-electron chi connectivity index (χ4n) is 1.36. The van der Waals surface area contributed by atoms with Crippen molar-refractivity contribution < 1.29 is 0 Å². The highest BCUT2D eigenvalue weighted by molar-refractivity contribution is 7.10. The summed E-state index contributed by atoms with van der Waals surface area (Å²) >= 11 is 1.77. The molecule has 0 bridgehead atoms. The van der Waals surface area contributed by atoms with E-state index in [0.717, 1.165) is 5.69 Å². The number of aryl methyl sites for hydroxylation is 1. The fourth-order valence-corrected chi connectivity index (χ4v) is 2.05. The molecule has 0 aliphatic heterocycles. The summed E-state index contributed by atoms with van der Waals surface area (Å²) in [5.41, 5.74) is 2.30. The van der Waals surface area contributed by atoms with Crippen LogP contribution in [0, 0.1) is 6.92 Å². The Hall–Kier alpha value is -1.09. The lowest BCUT2D eigenvalue weighted by Crippen LogP contribution is -2.00. The molecule has 0 unspecified atom stereocenters. The lowest BCUT2D eigenvalue weighted by molar-refractivity contribution is 0.534. The van der Waals surface area contributed by atoms with Gasteiger partial charge in [-0.1, -0.05) is 0 Å². The second-order valence-corrected chi connectivity index (χ2v) is 4.84. The summed E-state index contributed by atoms with van der Waals surface area (Å²) in [7, 11) is 0. The van der Waals surface area contributed by atoms with Crippen molar-refractivity contribution in [3.05, 3.63) is 28.6 Å². The molecule has 0 radical (unpaired) electrons. The van der Waals surface area contributed by atoms with E-state index in [0.29, 0.717) is 6.04 Å². The third-order valence-corrected chi connectivity index (χ3v) is 3.03. The minimum atomic E-state index is 0.434. The Balaban J connectivity index is 2.33. The van der Waals surface area contributed by atoms with Gasteiger partial charge in [0.25, 0.3) is 0 Å². The molecule has 0 N–H and O–H groups in total. The van der Waals surface area contributed by atoms with E-state index in [2.05, 4.69) is 43.4 Å². The van der Waals surface area contributed by atoms with E-state index in [1.54, 1.807) is 11.3 Å². The average molecular weight is 206 g/mol. The van der Waals surface area contributed by atoms with Crippen LogP contribution in [0.5, 0.6) is 0 Å². The van der Waals surface area contributed by atoms with Gasteiger partial charge in [-0.15, -0.1) is 11.3 Å². The van der Waals surface area contributed by atoms with Gasteiger partial charge in [0, 0.05) is 28.1 Å². The molecule has 2 nitrogen and oxygen atoms in total. The number of hydrogen-bond donors (Lipinski definition) is 0. The van der Waals surface area contributed by atoms with E-state index in [1.165, 1.54) is 10.4 Å². The number of thiophene rings is 1. The van der Waals surface area contributed by atoms with E-state index in [4.69, 9.17) is 0 Å².